The van der Waals surface area contributed by atoms with Crippen molar-refractivity contribution >= 4 is 0 Å². The topological polar surface area (TPSA) is 47.0 Å². The fourth-order valence-electron chi connectivity index (χ4n) is 2.05. The van der Waals surface area contributed by atoms with Crippen LogP contribution in [0.5, 0.6) is 11.8 Å². The van der Waals surface area contributed by atoms with E-state index in [0.717, 1.165) is 23.4 Å². The van der Waals surface area contributed by atoms with Gasteiger partial charge in [-0.15, -0.1) is 0 Å². The molecule has 1 aromatic heterocycles. The van der Waals surface area contributed by atoms with Gasteiger partial charge in [-0.1, -0.05) is 17.7 Å². The summed E-state index contributed by atoms with van der Waals surface area (Å²) >= 11 is 0. The number of ether oxygens (including phenoxy) is 1. The van der Waals surface area contributed by atoms with Crippen LogP contribution in [0.4, 0.5) is 0 Å². The number of hydrogen-bond donors (Lipinski definition) is 1. The standard InChI is InChI=1S/C16H19N3O/c1-11-3-6-15(12(2)7-11)20-16-18-9-13(10-19-16)8-17-14-4-5-14/h3,6-7,9-10,14,17H,4-5,8H2,1-2H3. The van der Waals surface area contributed by atoms with Gasteiger partial charge in [0.15, 0.2) is 0 Å². The molecule has 0 amide bonds. The number of aromatic nitrogens is 2. The van der Waals surface area contributed by atoms with Crippen molar-refractivity contribution in [2.75, 3.05) is 0 Å². The highest BCUT2D eigenvalue weighted by atomic mass is 16.5. The smallest absolute Gasteiger partial charge is 0.321 e. The van der Waals surface area contributed by atoms with Gasteiger partial charge in [-0.3, -0.25) is 0 Å². The average molecular weight is 269 g/mol. The van der Waals surface area contributed by atoms with Gasteiger partial charge in [0.05, 0.1) is 0 Å². The first-order chi connectivity index (χ1) is 9.70. The van der Waals surface area contributed by atoms with E-state index >= 15 is 0 Å². The van der Waals surface area contributed by atoms with Gasteiger partial charge in [0.1, 0.15) is 5.75 Å². The van der Waals surface area contributed by atoms with Crippen molar-refractivity contribution in [3.8, 4) is 11.8 Å². The van der Waals surface area contributed by atoms with Crippen LogP contribution in [-0.4, -0.2) is 16.0 Å². The van der Waals surface area contributed by atoms with Gasteiger partial charge in [-0.25, -0.2) is 9.97 Å². The van der Waals surface area contributed by atoms with E-state index < -0.39 is 0 Å². The molecular weight excluding hydrogens is 250 g/mol. The first-order valence-electron chi connectivity index (χ1n) is 7.00. The van der Waals surface area contributed by atoms with Gasteiger partial charge < -0.3 is 10.1 Å². The first-order valence-corrected chi connectivity index (χ1v) is 7.00. The van der Waals surface area contributed by atoms with Crippen LogP contribution >= 0.6 is 0 Å². The molecule has 1 aliphatic rings. The molecule has 3 rings (SSSR count). The minimum atomic E-state index is 0.395. The van der Waals surface area contributed by atoms with E-state index in [1.165, 1.54) is 18.4 Å². The summed E-state index contributed by atoms with van der Waals surface area (Å²) in [5.41, 5.74) is 3.40. The molecule has 0 unspecified atom stereocenters. The SMILES string of the molecule is Cc1ccc(Oc2ncc(CNC3CC3)cn2)c(C)c1. The van der Waals surface area contributed by atoms with Crippen molar-refractivity contribution in [1.82, 2.24) is 15.3 Å². The molecule has 1 aromatic carbocycles. The van der Waals surface area contributed by atoms with Crippen molar-refractivity contribution < 1.29 is 4.74 Å². The molecule has 0 radical (unpaired) electrons. The Hall–Kier alpha value is -1.94. The summed E-state index contributed by atoms with van der Waals surface area (Å²) in [5, 5.41) is 3.44. The molecule has 0 saturated heterocycles. The number of nitrogens with one attached hydrogen (secondary N) is 1. The minimum Gasteiger partial charge on any atom is -0.424 e. The van der Waals surface area contributed by atoms with Gasteiger partial charge in [-0.05, 0) is 38.3 Å². The lowest BCUT2D eigenvalue weighted by Crippen LogP contribution is -2.15. The van der Waals surface area contributed by atoms with E-state index in [1.54, 1.807) is 0 Å². The molecule has 4 heteroatoms. The molecule has 4 nitrogen and oxygen atoms in total. The highest BCUT2D eigenvalue weighted by molar-refractivity contribution is 5.37. The van der Waals surface area contributed by atoms with Crippen molar-refractivity contribution in [2.45, 2.75) is 39.3 Å². The van der Waals surface area contributed by atoms with Crippen molar-refractivity contribution in [3.63, 3.8) is 0 Å². The van der Waals surface area contributed by atoms with Gasteiger partial charge >= 0.3 is 6.01 Å². The number of aryl methyl sites for hydroxylation is 2. The van der Waals surface area contributed by atoms with Gasteiger partial charge in [0.2, 0.25) is 0 Å². The van der Waals surface area contributed by atoms with E-state index in [4.69, 9.17) is 4.74 Å². The molecule has 104 valence electrons. The van der Waals surface area contributed by atoms with Crippen molar-refractivity contribution in [2.24, 2.45) is 0 Å². The summed E-state index contributed by atoms with van der Waals surface area (Å²) in [5.74, 6) is 0.805. The molecule has 2 aromatic rings. The Balaban J connectivity index is 1.64. The summed E-state index contributed by atoms with van der Waals surface area (Å²) in [4.78, 5) is 8.53. The van der Waals surface area contributed by atoms with Gasteiger partial charge in [0, 0.05) is 30.5 Å². The maximum Gasteiger partial charge on any atom is 0.321 e. The van der Waals surface area contributed by atoms with E-state index in [1.807, 2.05) is 31.5 Å². The molecule has 0 bridgehead atoms. The lowest BCUT2D eigenvalue weighted by molar-refractivity contribution is 0.437. The Morgan fingerprint density at radius 3 is 2.60 bits per heavy atom. The third-order valence-corrected chi connectivity index (χ3v) is 3.39. The molecule has 1 fully saturated rings. The summed E-state index contributed by atoms with van der Waals surface area (Å²) in [6, 6.07) is 7.16. The second kappa shape index (κ2) is 5.59. The second-order valence-electron chi connectivity index (χ2n) is 5.40. The van der Waals surface area contributed by atoms with Crippen LogP contribution < -0.4 is 10.1 Å². The van der Waals surface area contributed by atoms with Crippen LogP contribution in [0.15, 0.2) is 30.6 Å². The Kier molecular flexibility index (Phi) is 3.65. The number of nitrogens with zero attached hydrogens (tertiary/aromatic N) is 2. The van der Waals surface area contributed by atoms with Crippen molar-refractivity contribution in [3.05, 3.63) is 47.3 Å². The normalized spacial score (nSPS) is 14.3. The van der Waals surface area contributed by atoms with Crippen LogP contribution in [-0.2, 0) is 6.54 Å². The third-order valence-electron chi connectivity index (χ3n) is 3.39. The summed E-state index contributed by atoms with van der Waals surface area (Å²) < 4.78 is 5.71. The highest BCUT2D eigenvalue weighted by Gasteiger charge is 2.19. The summed E-state index contributed by atoms with van der Waals surface area (Å²) in [6.07, 6.45) is 6.21. The Morgan fingerprint density at radius 2 is 1.95 bits per heavy atom. The number of hydrogen-bond acceptors (Lipinski definition) is 4. The Labute approximate surface area is 119 Å². The fraction of sp³-hybridized carbons (Fsp3) is 0.375. The van der Waals surface area contributed by atoms with E-state index in [0.29, 0.717) is 12.1 Å². The predicted octanol–water partition coefficient (Wildman–Crippen LogP) is 3.14. The van der Waals surface area contributed by atoms with Crippen LogP contribution in [0.3, 0.4) is 0 Å². The number of rotatable bonds is 5. The predicted molar refractivity (Wildman–Crippen MR) is 77.9 cm³/mol. The lowest BCUT2D eigenvalue weighted by Gasteiger charge is -2.08. The van der Waals surface area contributed by atoms with Crippen LogP contribution in [0.1, 0.15) is 29.5 Å². The van der Waals surface area contributed by atoms with Crippen LogP contribution in [0.25, 0.3) is 0 Å². The van der Waals surface area contributed by atoms with E-state index in [2.05, 4.69) is 28.3 Å². The molecular formula is C16H19N3O. The molecule has 0 atom stereocenters. The van der Waals surface area contributed by atoms with Crippen LogP contribution in [0.2, 0.25) is 0 Å². The van der Waals surface area contributed by atoms with E-state index in [-0.39, 0.29) is 0 Å². The molecule has 20 heavy (non-hydrogen) atoms. The maximum absolute atomic E-state index is 5.71. The van der Waals surface area contributed by atoms with Gasteiger partial charge in [-0.2, -0.15) is 0 Å². The first kappa shape index (κ1) is 13.1. The fourth-order valence-corrected chi connectivity index (χ4v) is 2.05. The minimum absolute atomic E-state index is 0.395. The number of benzene rings is 1. The van der Waals surface area contributed by atoms with Crippen molar-refractivity contribution in [1.29, 1.82) is 0 Å². The lowest BCUT2D eigenvalue weighted by atomic mass is 10.1. The van der Waals surface area contributed by atoms with Gasteiger partial charge in [0.25, 0.3) is 0 Å². The average Bonchev–Trinajstić information content (AvgIpc) is 3.25. The summed E-state index contributed by atoms with van der Waals surface area (Å²) in [7, 11) is 0. The van der Waals surface area contributed by atoms with Crippen LogP contribution in [0, 0.1) is 13.8 Å². The molecule has 0 spiro atoms. The molecule has 1 N–H and O–H groups in total. The second-order valence-corrected chi connectivity index (χ2v) is 5.40. The zero-order chi connectivity index (χ0) is 13.9. The maximum atomic E-state index is 5.71. The zero-order valence-electron chi connectivity index (χ0n) is 11.9. The zero-order valence-corrected chi connectivity index (χ0v) is 11.9. The third kappa shape index (κ3) is 3.33. The van der Waals surface area contributed by atoms with E-state index in [9.17, 15) is 0 Å². The highest BCUT2D eigenvalue weighted by Crippen LogP contribution is 2.23. The monoisotopic (exact) mass is 269 g/mol. The Morgan fingerprint density at radius 1 is 1.20 bits per heavy atom. The largest absolute Gasteiger partial charge is 0.424 e. The summed E-state index contributed by atoms with van der Waals surface area (Å²) in [6.45, 7) is 4.92. The quantitative estimate of drug-likeness (QED) is 0.906. The molecule has 0 aliphatic heterocycles. The molecule has 1 aliphatic carbocycles. The molecule has 1 heterocycles. The Bertz CT molecular complexity index is 591. The molecule has 1 saturated carbocycles.